The fourth-order valence-electron chi connectivity index (χ4n) is 4.41. The molecule has 0 unspecified atom stereocenters. The van der Waals surface area contributed by atoms with Crippen molar-refractivity contribution in [3.05, 3.63) is 65.7 Å². The number of carbonyl (C=O) groups is 1. The van der Waals surface area contributed by atoms with Crippen molar-refractivity contribution >= 4 is 11.6 Å². The summed E-state index contributed by atoms with van der Waals surface area (Å²) in [5.74, 6) is -0.170. The Bertz CT molecular complexity index is 823. The number of carbonyl (C=O) groups excluding carboxylic acids is 1. The van der Waals surface area contributed by atoms with Crippen LogP contribution in [0.2, 0.25) is 0 Å². The van der Waals surface area contributed by atoms with E-state index in [9.17, 15) is 15.0 Å². The number of aliphatic hydroxyl groups is 2. The number of aliphatic hydroxyl groups excluding tert-OH is 2. The predicted molar refractivity (Wildman–Crippen MR) is 113 cm³/mol. The lowest BCUT2D eigenvalue weighted by molar-refractivity contribution is 0.0370. The number of nitrogens with zero attached hydrogens (tertiary/aromatic N) is 2. The molecule has 6 nitrogen and oxygen atoms in total. The second-order valence-electron chi connectivity index (χ2n) is 7.95. The van der Waals surface area contributed by atoms with Crippen LogP contribution in [0.3, 0.4) is 0 Å². The van der Waals surface area contributed by atoms with E-state index in [0.717, 1.165) is 13.1 Å². The highest BCUT2D eigenvalue weighted by Crippen LogP contribution is 2.28. The molecule has 1 amide bonds. The molecule has 0 bridgehead atoms. The Morgan fingerprint density at radius 3 is 2.45 bits per heavy atom. The Kier molecular flexibility index (Phi) is 6.13. The Morgan fingerprint density at radius 1 is 1.00 bits per heavy atom. The number of rotatable bonds is 6. The average Bonchev–Trinajstić information content (AvgIpc) is 3.37. The molecule has 2 aromatic carbocycles. The zero-order chi connectivity index (χ0) is 20.2. The zero-order valence-electron chi connectivity index (χ0n) is 16.6. The van der Waals surface area contributed by atoms with Gasteiger partial charge < -0.3 is 20.4 Å². The number of anilines is 1. The monoisotopic (exact) mass is 395 g/mol. The first-order valence-corrected chi connectivity index (χ1v) is 10.4. The van der Waals surface area contributed by atoms with E-state index in [2.05, 4.69) is 33.3 Å². The van der Waals surface area contributed by atoms with Crippen LogP contribution in [-0.2, 0) is 6.54 Å². The van der Waals surface area contributed by atoms with Gasteiger partial charge in [0.2, 0.25) is 0 Å². The summed E-state index contributed by atoms with van der Waals surface area (Å²) in [6, 6.07) is 17.1. The maximum absolute atomic E-state index is 12.4. The Morgan fingerprint density at radius 2 is 1.69 bits per heavy atom. The first kappa shape index (κ1) is 19.9. The molecule has 2 heterocycles. The Hall–Kier alpha value is -2.41. The molecule has 29 heavy (non-hydrogen) atoms. The van der Waals surface area contributed by atoms with Gasteiger partial charge in [0.1, 0.15) is 0 Å². The van der Waals surface area contributed by atoms with Gasteiger partial charge >= 0.3 is 0 Å². The van der Waals surface area contributed by atoms with Crippen molar-refractivity contribution in [3.63, 3.8) is 0 Å². The number of β-amino-alcohol motifs (C(OH)–C–C–N with tert-alkyl or cyclic N) is 1. The molecule has 4 rings (SSSR count). The summed E-state index contributed by atoms with van der Waals surface area (Å²) < 4.78 is 0. The van der Waals surface area contributed by atoms with E-state index in [1.165, 1.54) is 24.1 Å². The molecule has 2 aromatic rings. The summed E-state index contributed by atoms with van der Waals surface area (Å²) in [7, 11) is 0. The molecular formula is C23H29N3O3. The summed E-state index contributed by atoms with van der Waals surface area (Å²) in [4.78, 5) is 16.9. The standard InChI is InChI=1S/C23H29N3O3/c27-21-16-26(15-18-10-4-5-11-19(18)25-12-6-7-13-25)20(22(21)28)14-24-23(29)17-8-2-1-3-9-17/h1-5,8-11,20-22,27-28H,6-7,12-16H2,(H,24,29)/t20-,21+,22-/m1/s1. The van der Waals surface area contributed by atoms with Gasteiger partial charge in [-0.1, -0.05) is 36.4 Å². The van der Waals surface area contributed by atoms with Gasteiger partial charge in [-0.2, -0.15) is 0 Å². The highest BCUT2D eigenvalue weighted by molar-refractivity contribution is 5.94. The highest BCUT2D eigenvalue weighted by Gasteiger charge is 2.40. The van der Waals surface area contributed by atoms with Gasteiger partial charge in [-0.05, 0) is 36.6 Å². The minimum atomic E-state index is -0.884. The van der Waals surface area contributed by atoms with E-state index >= 15 is 0 Å². The number of likely N-dealkylation sites (tertiary alicyclic amines) is 1. The van der Waals surface area contributed by atoms with E-state index in [0.29, 0.717) is 18.7 Å². The second kappa shape index (κ2) is 8.95. The van der Waals surface area contributed by atoms with Gasteiger partial charge in [-0.25, -0.2) is 0 Å². The third-order valence-electron chi connectivity index (χ3n) is 6.00. The average molecular weight is 396 g/mol. The van der Waals surface area contributed by atoms with Crippen molar-refractivity contribution < 1.29 is 15.0 Å². The second-order valence-corrected chi connectivity index (χ2v) is 7.95. The van der Waals surface area contributed by atoms with Crippen LogP contribution in [0, 0.1) is 0 Å². The summed E-state index contributed by atoms with van der Waals surface area (Å²) >= 11 is 0. The molecule has 2 fully saturated rings. The maximum Gasteiger partial charge on any atom is 0.251 e. The van der Waals surface area contributed by atoms with Gasteiger partial charge in [0, 0.05) is 44.0 Å². The third-order valence-corrected chi connectivity index (χ3v) is 6.00. The van der Waals surface area contributed by atoms with Gasteiger partial charge in [-0.15, -0.1) is 0 Å². The van der Waals surface area contributed by atoms with Crippen LogP contribution in [0.15, 0.2) is 54.6 Å². The summed E-state index contributed by atoms with van der Waals surface area (Å²) in [5.41, 5.74) is 3.01. The molecule has 0 saturated carbocycles. The van der Waals surface area contributed by atoms with E-state index < -0.39 is 12.2 Å². The largest absolute Gasteiger partial charge is 0.389 e. The normalized spacial score (nSPS) is 24.8. The molecule has 3 N–H and O–H groups in total. The fraction of sp³-hybridized carbons (Fsp3) is 0.435. The molecule has 3 atom stereocenters. The molecular weight excluding hydrogens is 366 g/mol. The van der Waals surface area contributed by atoms with Crippen LogP contribution in [0.4, 0.5) is 5.69 Å². The SMILES string of the molecule is O=C(NC[C@@H]1[C@@H](O)[C@@H](O)CN1Cc1ccccc1N1CCCC1)c1ccccc1. The molecule has 0 aromatic heterocycles. The minimum absolute atomic E-state index is 0.170. The quantitative estimate of drug-likeness (QED) is 0.693. The lowest BCUT2D eigenvalue weighted by Crippen LogP contribution is -2.45. The van der Waals surface area contributed by atoms with Crippen LogP contribution >= 0.6 is 0 Å². The smallest absolute Gasteiger partial charge is 0.251 e. The van der Waals surface area contributed by atoms with Gasteiger partial charge in [-0.3, -0.25) is 9.69 Å². The van der Waals surface area contributed by atoms with Crippen LogP contribution in [0.5, 0.6) is 0 Å². The Labute approximate surface area is 171 Å². The van der Waals surface area contributed by atoms with E-state index in [1.54, 1.807) is 12.1 Å². The fourth-order valence-corrected chi connectivity index (χ4v) is 4.41. The number of para-hydroxylation sites is 1. The van der Waals surface area contributed by atoms with Crippen molar-refractivity contribution in [3.8, 4) is 0 Å². The lowest BCUT2D eigenvalue weighted by Gasteiger charge is -2.28. The Balaban J connectivity index is 1.46. The zero-order valence-corrected chi connectivity index (χ0v) is 16.6. The van der Waals surface area contributed by atoms with Crippen molar-refractivity contribution in [1.29, 1.82) is 0 Å². The summed E-state index contributed by atoms with van der Waals surface area (Å²) in [6.07, 6.45) is 0.727. The molecule has 0 aliphatic carbocycles. The third kappa shape index (κ3) is 4.45. The van der Waals surface area contributed by atoms with Crippen molar-refractivity contribution in [2.45, 2.75) is 37.6 Å². The topological polar surface area (TPSA) is 76.0 Å². The van der Waals surface area contributed by atoms with Crippen molar-refractivity contribution in [2.75, 3.05) is 31.1 Å². The highest BCUT2D eigenvalue weighted by atomic mass is 16.3. The van der Waals surface area contributed by atoms with Crippen LogP contribution in [0.1, 0.15) is 28.8 Å². The van der Waals surface area contributed by atoms with Gasteiger partial charge in [0.15, 0.2) is 0 Å². The van der Waals surface area contributed by atoms with E-state index in [4.69, 9.17) is 0 Å². The molecule has 6 heteroatoms. The summed E-state index contributed by atoms with van der Waals surface area (Å²) in [5, 5.41) is 23.7. The molecule has 2 aliphatic heterocycles. The number of nitrogens with one attached hydrogen (secondary N) is 1. The maximum atomic E-state index is 12.4. The number of hydrogen-bond acceptors (Lipinski definition) is 5. The molecule has 0 spiro atoms. The number of amides is 1. The van der Waals surface area contributed by atoms with Crippen molar-refractivity contribution in [1.82, 2.24) is 10.2 Å². The lowest BCUT2D eigenvalue weighted by atomic mass is 10.1. The van der Waals surface area contributed by atoms with E-state index in [-0.39, 0.29) is 18.5 Å². The van der Waals surface area contributed by atoms with Crippen LogP contribution < -0.4 is 10.2 Å². The number of benzene rings is 2. The summed E-state index contributed by atoms with van der Waals surface area (Å²) in [6.45, 7) is 3.45. The van der Waals surface area contributed by atoms with Crippen LogP contribution in [0.25, 0.3) is 0 Å². The van der Waals surface area contributed by atoms with E-state index in [1.807, 2.05) is 24.3 Å². The first-order valence-electron chi connectivity index (χ1n) is 10.4. The van der Waals surface area contributed by atoms with Crippen molar-refractivity contribution in [2.24, 2.45) is 0 Å². The number of hydrogen-bond donors (Lipinski definition) is 3. The van der Waals surface area contributed by atoms with Gasteiger partial charge in [0.25, 0.3) is 5.91 Å². The minimum Gasteiger partial charge on any atom is -0.389 e. The first-order chi connectivity index (χ1) is 14.1. The van der Waals surface area contributed by atoms with Crippen LogP contribution in [-0.4, -0.2) is 65.4 Å². The van der Waals surface area contributed by atoms with Gasteiger partial charge in [0.05, 0.1) is 18.2 Å². The molecule has 2 saturated heterocycles. The predicted octanol–water partition coefficient (Wildman–Crippen LogP) is 1.62. The molecule has 2 aliphatic rings. The molecule has 154 valence electrons. The molecule has 0 radical (unpaired) electrons.